The maximum absolute atomic E-state index is 13.4. The topological polar surface area (TPSA) is 109 Å². The summed E-state index contributed by atoms with van der Waals surface area (Å²) in [5.74, 6) is -0.630. The van der Waals surface area contributed by atoms with Crippen molar-refractivity contribution >= 4 is 44.4 Å². The van der Waals surface area contributed by atoms with Crippen molar-refractivity contribution < 1.29 is 23.1 Å². The van der Waals surface area contributed by atoms with Crippen LogP contribution in [0.1, 0.15) is 63.9 Å². The van der Waals surface area contributed by atoms with Gasteiger partial charge in [0.15, 0.2) is 0 Å². The highest BCUT2D eigenvalue weighted by Crippen LogP contribution is 2.38. The highest BCUT2D eigenvalue weighted by Gasteiger charge is 2.34. The highest BCUT2D eigenvalue weighted by atomic mass is 35.5. The first kappa shape index (κ1) is 29.6. The van der Waals surface area contributed by atoms with E-state index in [4.69, 9.17) is 16.7 Å². The molecule has 2 N–H and O–H groups in total. The molecule has 0 radical (unpaired) electrons. The molecule has 0 unspecified atom stereocenters. The lowest BCUT2D eigenvalue weighted by molar-refractivity contribution is -0.140. The molecule has 8 nitrogen and oxygen atoms in total. The maximum Gasteiger partial charge on any atom is 0.303 e. The number of amides is 1. The molecule has 1 atom stereocenters. The van der Waals surface area contributed by atoms with Crippen LogP contribution in [0.3, 0.4) is 0 Å². The number of carboxylic acid groups (broad SMARTS) is 1. The first-order valence-corrected chi connectivity index (χ1v) is 16.3. The Kier molecular flexibility index (Phi) is 8.78. The van der Waals surface area contributed by atoms with E-state index < -0.39 is 16.0 Å². The van der Waals surface area contributed by atoms with Crippen LogP contribution < -0.4 is 4.72 Å². The van der Waals surface area contributed by atoms with Gasteiger partial charge in [0.25, 0.3) is 0 Å². The fraction of sp³-hybridized carbons (Fsp3) is 0.484. The summed E-state index contributed by atoms with van der Waals surface area (Å²) in [4.78, 5) is 26.2. The van der Waals surface area contributed by atoms with E-state index in [1.165, 1.54) is 6.42 Å². The molecular formula is C31H38ClN3O5S. The van der Waals surface area contributed by atoms with Gasteiger partial charge in [0.2, 0.25) is 15.9 Å². The van der Waals surface area contributed by atoms with Crippen LogP contribution in [0.5, 0.6) is 0 Å². The molecule has 220 valence electrons. The zero-order chi connectivity index (χ0) is 29.3. The number of halogens is 1. The van der Waals surface area contributed by atoms with E-state index in [1.54, 1.807) is 18.2 Å². The number of aryl methyl sites for hydroxylation is 2. The van der Waals surface area contributed by atoms with E-state index in [0.717, 1.165) is 41.6 Å². The number of hydrogen-bond donors (Lipinski definition) is 2. The lowest BCUT2D eigenvalue weighted by Crippen LogP contribution is -2.47. The molecule has 41 heavy (non-hydrogen) atoms. The van der Waals surface area contributed by atoms with Crippen LogP contribution in [-0.2, 0) is 33.1 Å². The molecule has 10 heteroatoms. The summed E-state index contributed by atoms with van der Waals surface area (Å²) < 4.78 is 31.6. The van der Waals surface area contributed by atoms with E-state index in [-0.39, 0.29) is 35.2 Å². The predicted molar refractivity (Wildman–Crippen MR) is 160 cm³/mol. The van der Waals surface area contributed by atoms with Crippen LogP contribution in [0.25, 0.3) is 22.2 Å². The number of aliphatic carboxylic acids is 1. The number of carbonyl (C=O) groups excluding carboxylic acids is 1. The average Bonchev–Trinajstić information content (AvgIpc) is 3.21. The second-order valence-electron chi connectivity index (χ2n) is 11.5. The molecule has 1 aliphatic carbocycles. The zero-order valence-electron chi connectivity index (χ0n) is 23.6. The summed E-state index contributed by atoms with van der Waals surface area (Å²) in [5, 5.41) is 10.2. The third-order valence-corrected chi connectivity index (χ3v) is 10.7. The summed E-state index contributed by atoms with van der Waals surface area (Å²) in [6.07, 6.45) is 6.47. The number of nitrogens with one attached hydrogen (secondary N) is 1. The van der Waals surface area contributed by atoms with Crippen LogP contribution in [0.4, 0.5) is 0 Å². The first-order valence-electron chi connectivity index (χ1n) is 14.5. The summed E-state index contributed by atoms with van der Waals surface area (Å²) in [6, 6.07) is 12.7. The fourth-order valence-corrected chi connectivity index (χ4v) is 8.06. The van der Waals surface area contributed by atoms with Crippen LogP contribution in [-0.4, -0.2) is 53.5 Å². The van der Waals surface area contributed by atoms with Crippen molar-refractivity contribution in [3.05, 3.63) is 53.1 Å². The lowest BCUT2D eigenvalue weighted by atomic mass is 9.85. The predicted octanol–water partition coefficient (Wildman–Crippen LogP) is 5.75. The number of hydrogen-bond acceptors (Lipinski definition) is 4. The number of carbonyl (C=O) groups is 2. The molecule has 2 aromatic carbocycles. The molecule has 1 aromatic heterocycles. The molecule has 1 amide bonds. The lowest BCUT2D eigenvalue weighted by Gasteiger charge is -2.38. The van der Waals surface area contributed by atoms with Crippen molar-refractivity contribution in [1.29, 1.82) is 0 Å². The number of likely N-dealkylation sites (tertiary alicyclic amines) is 1. The monoisotopic (exact) mass is 599 g/mol. The standard InChI is InChI=1S/C31H38ClN3O5S/c1-20-5-3-4-18-35(20)31(38)23-11-13-24(14-12-23)33-41(39,40)25-15-16-26-27(19-25)34(2)30(29(26)32)22-9-6-21(7-10-22)8-17-28(36)37/h6-7,9-10,15-16,19-20,23-24,33H,3-5,8,11-14,17-18H2,1-2H3,(H,36,37)/t20-,23?,24?/m0/s1. The zero-order valence-corrected chi connectivity index (χ0v) is 25.2. The van der Waals surface area contributed by atoms with E-state index >= 15 is 0 Å². The van der Waals surface area contributed by atoms with Gasteiger partial charge in [0.1, 0.15) is 0 Å². The van der Waals surface area contributed by atoms with Gasteiger partial charge in [-0.15, -0.1) is 0 Å². The third-order valence-electron chi connectivity index (χ3n) is 8.76. The normalized spacial score (nSPS) is 21.7. The van der Waals surface area contributed by atoms with Crippen molar-refractivity contribution in [3.8, 4) is 11.3 Å². The minimum absolute atomic E-state index is 0.0252. The minimum Gasteiger partial charge on any atom is -0.481 e. The first-order chi connectivity index (χ1) is 19.5. The Balaban J connectivity index is 1.28. The number of carboxylic acids is 1. The quantitative estimate of drug-likeness (QED) is 0.342. The van der Waals surface area contributed by atoms with Crippen LogP contribution in [0.15, 0.2) is 47.4 Å². The molecule has 1 aliphatic heterocycles. The summed E-state index contributed by atoms with van der Waals surface area (Å²) in [7, 11) is -1.92. The molecule has 3 aromatic rings. The van der Waals surface area contributed by atoms with Gasteiger partial charge in [-0.1, -0.05) is 35.9 Å². The van der Waals surface area contributed by atoms with E-state index in [0.29, 0.717) is 42.6 Å². The van der Waals surface area contributed by atoms with E-state index in [1.807, 2.05) is 40.8 Å². The van der Waals surface area contributed by atoms with Crippen molar-refractivity contribution in [2.45, 2.75) is 81.7 Å². The van der Waals surface area contributed by atoms with Crippen LogP contribution in [0.2, 0.25) is 5.02 Å². The Morgan fingerprint density at radius 1 is 1.02 bits per heavy atom. The van der Waals surface area contributed by atoms with Gasteiger partial charge in [-0.2, -0.15) is 0 Å². The van der Waals surface area contributed by atoms with Crippen molar-refractivity contribution in [2.75, 3.05) is 6.54 Å². The number of fused-ring (bicyclic) bond motifs is 1. The largest absolute Gasteiger partial charge is 0.481 e. The smallest absolute Gasteiger partial charge is 0.303 e. The third kappa shape index (κ3) is 6.32. The van der Waals surface area contributed by atoms with Crippen molar-refractivity contribution in [2.24, 2.45) is 13.0 Å². The van der Waals surface area contributed by atoms with Gasteiger partial charge in [-0.3, -0.25) is 9.59 Å². The van der Waals surface area contributed by atoms with Crippen molar-refractivity contribution in [3.63, 3.8) is 0 Å². The van der Waals surface area contributed by atoms with E-state index in [2.05, 4.69) is 11.6 Å². The van der Waals surface area contributed by atoms with Crippen LogP contribution >= 0.6 is 11.6 Å². The Hall–Kier alpha value is -2.88. The van der Waals surface area contributed by atoms with Gasteiger partial charge >= 0.3 is 5.97 Å². The second-order valence-corrected chi connectivity index (χ2v) is 13.6. The average molecular weight is 600 g/mol. The molecule has 0 spiro atoms. The number of aromatic nitrogens is 1. The fourth-order valence-electron chi connectivity index (χ4n) is 6.34. The Labute approximate surface area is 246 Å². The summed E-state index contributed by atoms with van der Waals surface area (Å²) in [5.41, 5.74) is 3.25. The number of piperidine rings is 1. The van der Waals surface area contributed by atoms with Gasteiger partial charge in [-0.25, -0.2) is 13.1 Å². The Morgan fingerprint density at radius 2 is 1.73 bits per heavy atom. The summed E-state index contributed by atoms with van der Waals surface area (Å²) >= 11 is 6.77. The van der Waals surface area contributed by atoms with Gasteiger partial charge in [-0.05, 0) is 87.6 Å². The second kappa shape index (κ2) is 12.2. The molecular weight excluding hydrogens is 562 g/mol. The number of sulfonamides is 1. The molecule has 2 heterocycles. The molecule has 1 saturated heterocycles. The summed E-state index contributed by atoms with van der Waals surface area (Å²) in [6.45, 7) is 2.95. The highest BCUT2D eigenvalue weighted by molar-refractivity contribution is 7.89. The number of benzene rings is 2. The SMILES string of the molecule is C[C@H]1CCCCN1C(=O)C1CCC(NS(=O)(=O)c2ccc3c(Cl)c(-c4ccc(CCC(=O)O)cc4)n(C)c3c2)CC1. The number of rotatable bonds is 8. The molecule has 1 saturated carbocycles. The Morgan fingerprint density at radius 3 is 2.39 bits per heavy atom. The number of nitrogens with zero attached hydrogens (tertiary/aromatic N) is 2. The van der Waals surface area contributed by atoms with Crippen molar-refractivity contribution in [1.82, 2.24) is 14.2 Å². The van der Waals surface area contributed by atoms with Gasteiger partial charge in [0, 0.05) is 43.4 Å². The van der Waals surface area contributed by atoms with E-state index in [9.17, 15) is 18.0 Å². The maximum atomic E-state index is 13.4. The molecule has 5 rings (SSSR count). The molecule has 2 fully saturated rings. The van der Waals surface area contributed by atoms with Gasteiger partial charge in [0.05, 0.1) is 21.1 Å². The Bertz CT molecular complexity index is 1540. The minimum atomic E-state index is -3.77. The molecule has 2 aliphatic rings. The van der Waals surface area contributed by atoms with Crippen LogP contribution in [0, 0.1) is 5.92 Å². The molecule has 0 bridgehead atoms. The van der Waals surface area contributed by atoms with Gasteiger partial charge < -0.3 is 14.6 Å².